The van der Waals surface area contributed by atoms with Crippen LogP contribution in [0.5, 0.6) is 5.75 Å². The molecular formula is C12H12BrF3O2. The average molecular weight is 325 g/mol. The van der Waals surface area contributed by atoms with Gasteiger partial charge in [-0.05, 0) is 18.1 Å². The lowest BCUT2D eigenvalue weighted by Crippen LogP contribution is -2.19. The highest BCUT2D eigenvalue weighted by atomic mass is 79.9. The normalized spacial score (nSPS) is 11.4. The Labute approximate surface area is 111 Å². The van der Waals surface area contributed by atoms with Crippen LogP contribution in [-0.2, 0) is 17.6 Å². The Balaban J connectivity index is 3.12. The zero-order valence-corrected chi connectivity index (χ0v) is 11.3. The molecule has 0 aromatic heterocycles. The van der Waals surface area contributed by atoms with Gasteiger partial charge in [0.15, 0.2) is 0 Å². The molecule has 0 N–H and O–H groups in total. The van der Waals surface area contributed by atoms with Crippen LogP contribution in [0.4, 0.5) is 13.2 Å². The fourth-order valence-electron chi connectivity index (χ4n) is 1.61. The van der Waals surface area contributed by atoms with Gasteiger partial charge in [-0.25, -0.2) is 0 Å². The van der Waals surface area contributed by atoms with Gasteiger partial charge in [-0.3, -0.25) is 4.79 Å². The first-order valence-corrected chi connectivity index (χ1v) is 6.43. The molecule has 0 saturated heterocycles. The number of aryl methyl sites for hydroxylation is 1. The van der Waals surface area contributed by atoms with Crippen LogP contribution >= 0.6 is 15.9 Å². The molecule has 0 aliphatic rings. The smallest absolute Gasteiger partial charge is 0.405 e. The Morgan fingerprint density at radius 2 is 2.06 bits per heavy atom. The van der Waals surface area contributed by atoms with Crippen molar-refractivity contribution in [2.24, 2.45) is 0 Å². The Morgan fingerprint density at radius 3 is 2.56 bits per heavy atom. The molecule has 0 unspecified atom stereocenters. The van der Waals surface area contributed by atoms with E-state index in [0.29, 0.717) is 17.5 Å². The highest BCUT2D eigenvalue weighted by molar-refractivity contribution is 9.09. The van der Waals surface area contributed by atoms with Crippen LogP contribution in [0, 0.1) is 0 Å². The molecule has 0 fully saturated rings. The zero-order chi connectivity index (χ0) is 13.8. The Morgan fingerprint density at radius 1 is 1.39 bits per heavy atom. The number of alkyl halides is 4. The van der Waals surface area contributed by atoms with Crippen molar-refractivity contribution in [2.45, 2.75) is 26.1 Å². The molecular weight excluding hydrogens is 313 g/mol. The summed E-state index contributed by atoms with van der Waals surface area (Å²) in [5.41, 5.74) is 0.993. The van der Waals surface area contributed by atoms with Crippen molar-refractivity contribution < 1.29 is 22.7 Å². The zero-order valence-electron chi connectivity index (χ0n) is 9.68. The minimum absolute atomic E-state index is 0.0688. The van der Waals surface area contributed by atoms with Gasteiger partial charge < -0.3 is 4.74 Å². The van der Waals surface area contributed by atoms with Crippen molar-refractivity contribution in [2.75, 3.05) is 5.33 Å². The van der Waals surface area contributed by atoms with Gasteiger partial charge in [-0.2, -0.15) is 0 Å². The lowest BCUT2D eigenvalue weighted by atomic mass is 10.00. The summed E-state index contributed by atoms with van der Waals surface area (Å²) in [7, 11) is 0. The summed E-state index contributed by atoms with van der Waals surface area (Å²) in [6.45, 7) is 1.81. The van der Waals surface area contributed by atoms with Crippen molar-refractivity contribution in [1.82, 2.24) is 0 Å². The highest BCUT2D eigenvalue weighted by Crippen LogP contribution is 2.29. The Hall–Kier alpha value is -1.04. The lowest BCUT2D eigenvalue weighted by molar-refractivity contribution is -0.274. The van der Waals surface area contributed by atoms with E-state index in [-0.39, 0.29) is 23.3 Å². The lowest BCUT2D eigenvalue weighted by Gasteiger charge is -2.15. The number of ketones is 1. The van der Waals surface area contributed by atoms with Gasteiger partial charge in [0, 0.05) is 12.0 Å². The molecule has 0 radical (unpaired) electrons. The first kappa shape index (κ1) is 15.0. The van der Waals surface area contributed by atoms with E-state index in [2.05, 4.69) is 20.7 Å². The molecule has 0 aliphatic carbocycles. The van der Waals surface area contributed by atoms with Gasteiger partial charge in [-0.15, -0.1) is 13.2 Å². The third-order valence-corrected chi connectivity index (χ3v) is 2.99. The van der Waals surface area contributed by atoms with E-state index in [0.717, 1.165) is 0 Å². The maximum atomic E-state index is 12.3. The van der Waals surface area contributed by atoms with Gasteiger partial charge in [0.25, 0.3) is 0 Å². The molecule has 0 saturated carbocycles. The summed E-state index contributed by atoms with van der Waals surface area (Å²) in [6.07, 6.45) is -4.28. The molecule has 0 aliphatic heterocycles. The van der Waals surface area contributed by atoms with Gasteiger partial charge in [-0.1, -0.05) is 35.0 Å². The molecule has 0 atom stereocenters. The van der Waals surface area contributed by atoms with Gasteiger partial charge in [0.2, 0.25) is 0 Å². The molecule has 6 heteroatoms. The summed E-state index contributed by atoms with van der Waals surface area (Å²) in [4.78, 5) is 11.4. The summed E-state index contributed by atoms with van der Waals surface area (Å²) in [6, 6.07) is 4.41. The molecule has 100 valence electrons. The molecule has 0 heterocycles. The van der Waals surface area contributed by atoms with Crippen LogP contribution in [0.15, 0.2) is 18.2 Å². The Bertz CT molecular complexity index is 430. The van der Waals surface area contributed by atoms with Crippen LogP contribution in [0.1, 0.15) is 18.1 Å². The van der Waals surface area contributed by atoms with Gasteiger partial charge in [0.05, 0.1) is 5.33 Å². The highest BCUT2D eigenvalue weighted by Gasteiger charge is 2.32. The maximum absolute atomic E-state index is 12.3. The second kappa shape index (κ2) is 6.22. The monoisotopic (exact) mass is 324 g/mol. The topological polar surface area (TPSA) is 26.3 Å². The second-order valence-electron chi connectivity index (χ2n) is 3.64. The van der Waals surface area contributed by atoms with E-state index in [1.165, 1.54) is 12.1 Å². The molecule has 0 bridgehead atoms. The van der Waals surface area contributed by atoms with Crippen molar-refractivity contribution >= 4 is 21.7 Å². The summed E-state index contributed by atoms with van der Waals surface area (Å²) >= 11 is 2.99. The number of ether oxygens (including phenoxy) is 1. The van der Waals surface area contributed by atoms with Crippen molar-refractivity contribution in [3.63, 3.8) is 0 Å². The van der Waals surface area contributed by atoms with E-state index in [9.17, 15) is 18.0 Å². The quantitative estimate of drug-likeness (QED) is 0.773. The van der Waals surface area contributed by atoms with E-state index in [4.69, 9.17) is 0 Å². The van der Waals surface area contributed by atoms with E-state index >= 15 is 0 Å². The standard InChI is InChI=1S/C12H12BrF3O2/c1-2-8-4-3-5-11(18-12(14,15)16)10(8)6-9(17)7-13/h3-5H,2,6-7H2,1H3. The molecule has 1 aromatic carbocycles. The Kier molecular flexibility index (Phi) is 5.19. The summed E-state index contributed by atoms with van der Waals surface area (Å²) < 4.78 is 40.7. The van der Waals surface area contributed by atoms with E-state index in [1.54, 1.807) is 6.07 Å². The fourth-order valence-corrected chi connectivity index (χ4v) is 1.81. The number of carbonyl (C=O) groups excluding carboxylic acids is 1. The fraction of sp³-hybridized carbons (Fsp3) is 0.417. The molecule has 1 rings (SSSR count). The number of carbonyl (C=O) groups is 1. The van der Waals surface area contributed by atoms with E-state index < -0.39 is 6.36 Å². The molecule has 1 aromatic rings. The predicted octanol–water partition coefficient (Wildman–Crippen LogP) is 3.65. The van der Waals surface area contributed by atoms with E-state index in [1.807, 2.05) is 6.92 Å². The third kappa shape index (κ3) is 4.33. The average Bonchev–Trinajstić information content (AvgIpc) is 2.29. The molecule has 18 heavy (non-hydrogen) atoms. The molecule has 2 nitrogen and oxygen atoms in total. The number of rotatable bonds is 5. The minimum atomic E-state index is -4.75. The van der Waals surface area contributed by atoms with Crippen LogP contribution in [-0.4, -0.2) is 17.5 Å². The molecule has 0 spiro atoms. The van der Waals surface area contributed by atoms with Crippen LogP contribution in [0.2, 0.25) is 0 Å². The maximum Gasteiger partial charge on any atom is 0.573 e. The minimum Gasteiger partial charge on any atom is -0.405 e. The number of hydrogen-bond donors (Lipinski definition) is 0. The number of halogens is 4. The van der Waals surface area contributed by atoms with Crippen LogP contribution in [0.3, 0.4) is 0 Å². The first-order valence-electron chi connectivity index (χ1n) is 5.31. The SMILES string of the molecule is CCc1cccc(OC(F)(F)F)c1CC(=O)CBr. The van der Waals surface area contributed by atoms with Gasteiger partial charge >= 0.3 is 6.36 Å². The second-order valence-corrected chi connectivity index (χ2v) is 4.20. The largest absolute Gasteiger partial charge is 0.573 e. The predicted molar refractivity (Wildman–Crippen MR) is 65.0 cm³/mol. The molecule has 0 amide bonds. The van der Waals surface area contributed by atoms with Crippen LogP contribution < -0.4 is 4.74 Å². The summed E-state index contributed by atoms with van der Waals surface area (Å²) in [5.74, 6) is -0.487. The van der Waals surface area contributed by atoms with Gasteiger partial charge in [0.1, 0.15) is 11.5 Å². The first-order chi connectivity index (χ1) is 8.37. The summed E-state index contributed by atoms with van der Waals surface area (Å²) in [5, 5.41) is 0.108. The van der Waals surface area contributed by atoms with Crippen molar-refractivity contribution in [3.8, 4) is 5.75 Å². The number of hydrogen-bond acceptors (Lipinski definition) is 2. The third-order valence-electron chi connectivity index (χ3n) is 2.36. The van der Waals surface area contributed by atoms with Crippen molar-refractivity contribution in [1.29, 1.82) is 0 Å². The van der Waals surface area contributed by atoms with Crippen LogP contribution in [0.25, 0.3) is 0 Å². The van der Waals surface area contributed by atoms with Crippen molar-refractivity contribution in [3.05, 3.63) is 29.3 Å². The number of Topliss-reactive ketones (excluding diaryl/α,β-unsaturated/α-hetero) is 1. The number of benzene rings is 1.